The van der Waals surface area contributed by atoms with Gasteiger partial charge < -0.3 is 9.84 Å². The molecule has 0 aromatic carbocycles. The molecule has 2 nitrogen and oxygen atoms in total. The van der Waals surface area contributed by atoms with Crippen molar-refractivity contribution in [2.75, 3.05) is 7.11 Å². The van der Waals surface area contributed by atoms with Crippen molar-refractivity contribution in [3.05, 3.63) is 0 Å². The van der Waals surface area contributed by atoms with Gasteiger partial charge in [-0.25, -0.2) is 0 Å². The molecule has 0 aromatic rings. The Labute approximate surface area is 94.0 Å². The average molecular weight is 214 g/mol. The van der Waals surface area contributed by atoms with Crippen LogP contribution in [-0.2, 0) is 4.74 Å². The lowest BCUT2D eigenvalue weighted by Gasteiger charge is -2.44. The van der Waals surface area contributed by atoms with Crippen molar-refractivity contribution in [2.24, 2.45) is 11.8 Å². The molecule has 0 amide bonds. The van der Waals surface area contributed by atoms with Crippen LogP contribution >= 0.6 is 0 Å². The van der Waals surface area contributed by atoms with Gasteiger partial charge in [-0.3, -0.25) is 0 Å². The molecule has 0 aromatic heterocycles. The van der Waals surface area contributed by atoms with Gasteiger partial charge in [0.05, 0.1) is 11.7 Å². The Hall–Kier alpha value is -0.0800. The van der Waals surface area contributed by atoms with E-state index in [9.17, 15) is 5.11 Å². The summed E-state index contributed by atoms with van der Waals surface area (Å²) in [6.45, 7) is 6.50. The number of hydrogen-bond donors (Lipinski definition) is 1. The molecule has 2 heteroatoms. The third-order valence-electron chi connectivity index (χ3n) is 4.12. The van der Waals surface area contributed by atoms with Gasteiger partial charge in [0, 0.05) is 7.11 Å². The van der Waals surface area contributed by atoms with Crippen molar-refractivity contribution >= 4 is 0 Å². The van der Waals surface area contributed by atoms with E-state index in [1.807, 2.05) is 0 Å². The van der Waals surface area contributed by atoms with Crippen LogP contribution in [0.15, 0.2) is 0 Å². The summed E-state index contributed by atoms with van der Waals surface area (Å²) in [7, 11) is 1.75. The summed E-state index contributed by atoms with van der Waals surface area (Å²) in [5.41, 5.74) is -0.271. The van der Waals surface area contributed by atoms with Crippen LogP contribution in [0.3, 0.4) is 0 Å². The Morgan fingerprint density at radius 2 is 2.20 bits per heavy atom. The maximum atomic E-state index is 10.4. The van der Waals surface area contributed by atoms with Crippen molar-refractivity contribution < 1.29 is 9.84 Å². The highest BCUT2D eigenvalue weighted by atomic mass is 16.5. The average Bonchev–Trinajstić information content (AvgIpc) is 2.26. The highest BCUT2D eigenvalue weighted by molar-refractivity contribution is 4.94. The van der Waals surface area contributed by atoms with E-state index in [0.717, 1.165) is 19.3 Å². The van der Waals surface area contributed by atoms with Crippen LogP contribution in [0.2, 0.25) is 0 Å². The lowest BCUT2D eigenvalue weighted by atomic mass is 9.72. The minimum Gasteiger partial charge on any atom is -0.390 e. The van der Waals surface area contributed by atoms with E-state index in [0.29, 0.717) is 11.8 Å². The molecule has 1 fully saturated rings. The molecule has 4 atom stereocenters. The van der Waals surface area contributed by atoms with Gasteiger partial charge in [-0.05, 0) is 24.7 Å². The Balaban J connectivity index is 2.74. The van der Waals surface area contributed by atoms with Crippen LogP contribution in [-0.4, -0.2) is 23.9 Å². The fraction of sp³-hybridized carbons (Fsp3) is 1.00. The van der Waals surface area contributed by atoms with E-state index in [-0.39, 0.29) is 11.7 Å². The second-order valence-electron chi connectivity index (χ2n) is 5.30. The molecule has 0 radical (unpaired) electrons. The van der Waals surface area contributed by atoms with E-state index in [2.05, 4.69) is 20.8 Å². The molecule has 0 aliphatic heterocycles. The highest BCUT2D eigenvalue weighted by Gasteiger charge is 2.43. The first-order chi connectivity index (χ1) is 7.05. The molecule has 1 aliphatic carbocycles. The summed E-state index contributed by atoms with van der Waals surface area (Å²) >= 11 is 0. The van der Waals surface area contributed by atoms with Crippen molar-refractivity contribution in [3.63, 3.8) is 0 Å². The first-order valence-electron chi connectivity index (χ1n) is 6.29. The largest absolute Gasteiger partial charge is 0.390 e. The molecular formula is C13H26O2. The van der Waals surface area contributed by atoms with E-state index in [1.54, 1.807) is 7.11 Å². The van der Waals surface area contributed by atoms with Gasteiger partial charge in [-0.15, -0.1) is 0 Å². The minimum absolute atomic E-state index is 0.271. The molecule has 0 saturated heterocycles. The van der Waals surface area contributed by atoms with Crippen molar-refractivity contribution in [3.8, 4) is 0 Å². The maximum absolute atomic E-state index is 10.4. The zero-order valence-corrected chi connectivity index (χ0v) is 10.6. The Bertz CT molecular complexity index is 193. The molecule has 1 aliphatic rings. The number of aliphatic hydroxyl groups is 1. The molecule has 90 valence electrons. The molecule has 0 bridgehead atoms. The molecule has 1 saturated carbocycles. The van der Waals surface area contributed by atoms with E-state index in [1.165, 1.54) is 12.8 Å². The predicted molar refractivity (Wildman–Crippen MR) is 62.8 cm³/mol. The third-order valence-corrected chi connectivity index (χ3v) is 4.12. The number of rotatable bonds is 4. The van der Waals surface area contributed by atoms with Gasteiger partial charge in [0.2, 0.25) is 0 Å². The van der Waals surface area contributed by atoms with Gasteiger partial charge in [0.25, 0.3) is 0 Å². The number of methoxy groups -OCH3 is 1. The molecule has 4 unspecified atom stereocenters. The molecule has 1 N–H and O–H groups in total. The number of aliphatic hydroxyl groups excluding tert-OH is 1. The van der Waals surface area contributed by atoms with E-state index in [4.69, 9.17) is 4.74 Å². The lowest BCUT2D eigenvalue weighted by molar-refractivity contribution is -0.148. The highest BCUT2D eigenvalue weighted by Crippen LogP contribution is 2.39. The fourth-order valence-electron chi connectivity index (χ4n) is 2.86. The van der Waals surface area contributed by atoms with E-state index < -0.39 is 0 Å². The molecule has 15 heavy (non-hydrogen) atoms. The standard InChI is InChI=1S/C13H26O2/c1-5-11(3)12(14)13(15-4)8-6-7-10(2)9-13/h10-12,14H,5-9H2,1-4H3. The molecule has 0 heterocycles. The minimum atomic E-state index is -0.310. The number of ether oxygens (including phenoxy) is 1. The van der Waals surface area contributed by atoms with Crippen LogP contribution in [0.25, 0.3) is 0 Å². The summed E-state index contributed by atoms with van der Waals surface area (Å²) in [6.07, 6.45) is 5.19. The van der Waals surface area contributed by atoms with Crippen molar-refractivity contribution in [1.29, 1.82) is 0 Å². The lowest BCUT2D eigenvalue weighted by Crippen LogP contribution is -2.50. The third kappa shape index (κ3) is 2.73. The summed E-state index contributed by atoms with van der Waals surface area (Å²) in [6, 6.07) is 0. The second kappa shape index (κ2) is 5.31. The zero-order valence-electron chi connectivity index (χ0n) is 10.6. The predicted octanol–water partition coefficient (Wildman–Crippen LogP) is 2.99. The molecule has 0 spiro atoms. The smallest absolute Gasteiger partial charge is 0.0941 e. The molecule has 1 rings (SSSR count). The fourth-order valence-corrected chi connectivity index (χ4v) is 2.86. The van der Waals surface area contributed by atoms with Gasteiger partial charge in [0.1, 0.15) is 0 Å². The van der Waals surface area contributed by atoms with Crippen molar-refractivity contribution in [1.82, 2.24) is 0 Å². The number of hydrogen-bond acceptors (Lipinski definition) is 2. The van der Waals surface area contributed by atoms with Crippen LogP contribution in [0.4, 0.5) is 0 Å². The summed E-state index contributed by atoms with van der Waals surface area (Å²) < 4.78 is 5.68. The second-order valence-corrected chi connectivity index (χ2v) is 5.30. The SMILES string of the molecule is CCC(C)C(O)C1(OC)CCCC(C)C1. The van der Waals surface area contributed by atoms with Crippen LogP contribution in [0.5, 0.6) is 0 Å². The van der Waals surface area contributed by atoms with Crippen LogP contribution in [0, 0.1) is 11.8 Å². The van der Waals surface area contributed by atoms with Crippen molar-refractivity contribution in [2.45, 2.75) is 64.6 Å². The first-order valence-corrected chi connectivity index (χ1v) is 6.29. The Morgan fingerprint density at radius 3 is 2.67 bits per heavy atom. The Morgan fingerprint density at radius 1 is 1.53 bits per heavy atom. The van der Waals surface area contributed by atoms with E-state index >= 15 is 0 Å². The van der Waals surface area contributed by atoms with Gasteiger partial charge in [-0.2, -0.15) is 0 Å². The Kier molecular flexibility index (Phi) is 4.60. The summed E-state index contributed by atoms with van der Waals surface area (Å²) in [4.78, 5) is 0. The summed E-state index contributed by atoms with van der Waals surface area (Å²) in [5, 5.41) is 10.4. The van der Waals surface area contributed by atoms with Crippen LogP contribution in [0.1, 0.15) is 52.9 Å². The molecular weight excluding hydrogens is 188 g/mol. The quantitative estimate of drug-likeness (QED) is 0.779. The monoisotopic (exact) mass is 214 g/mol. The van der Waals surface area contributed by atoms with Gasteiger partial charge in [0.15, 0.2) is 0 Å². The van der Waals surface area contributed by atoms with Crippen LogP contribution < -0.4 is 0 Å². The topological polar surface area (TPSA) is 29.5 Å². The summed E-state index contributed by atoms with van der Waals surface area (Å²) in [5.74, 6) is 1.01. The zero-order chi connectivity index (χ0) is 11.5. The van der Waals surface area contributed by atoms with Gasteiger partial charge >= 0.3 is 0 Å². The maximum Gasteiger partial charge on any atom is 0.0941 e. The first kappa shape index (κ1) is 13.0. The van der Waals surface area contributed by atoms with Gasteiger partial charge in [-0.1, -0.05) is 40.0 Å². The normalized spacial score (nSPS) is 36.2.